The van der Waals surface area contributed by atoms with Gasteiger partial charge >= 0.3 is 6.09 Å². The molecule has 104 valence electrons. The first-order chi connectivity index (χ1) is 9.54. The number of nitriles is 1. The number of hydrogen-bond donors (Lipinski definition) is 0. The van der Waals surface area contributed by atoms with E-state index >= 15 is 0 Å². The van der Waals surface area contributed by atoms with E-state index < -0.39 is 6.09 Å². The van der Waals surface area contributed by atoms with E-state index in [4.69, 9.17) is 10.00 Å². The number of fused-ring (bicyclic) bond motifs is 1. The third kappa shape index (κ3) is 2.86. The van der Waals surface area contributed by atoms with E-state index in [1.54, 1.807) is 6.20 Å². The van der Waals surface area contributed by atoms with Crippen LogP contribution in [0, 0.1) is 17.2 Å². The number of benzene rings is 1. The summed E-state index contributed by atoms with van der Waals surface area (Å²) in [4.78, 5) is 12.1. The van der Waals surface area contributed by atoms with Gasteiger partial charge < -0.3 is 4.74 Å². The average Bonchev–Trinajstić information content (AvgIpc) is 2.77. The third-order valence-electron chi connectivity index (χ3n) is 2.86. The van der Waals surface area contributed by atoms with Crippen LogP contribution in [0.3, 0.4) is 0 Å². The van der Waals surface area contributed by atoms with Gasteiger partial charge in [0.1, 0.15) is 0 Å². The van der Waals surface area contributed by atoms with E-state index in [0.717, 1.165) is 20.9 Å². The Bertz CT molecular complexity index is 683. The van der Waals surface area contributed by atoms with Crippen LogP contribution in [0.4, 0.5) is 4.79 Å². The maximum Gasteiger partial charge on any atom is 0.418 e. The first kappa shape index (κ1) is 14.6. The number of ether oxygens (including phenoxy) is 1. The molecule has 2 rings (SSSR count). The van der Waals surface area contributed by atoms with Gasteiger partial charge in [-0.3, -0.25) is 4.57 Å². The Balaban J connectivity index is 2.46. The van der Waals surface area contributed by atoms with Crippen molar-refractivity contribution in [2.75, 3.05) is 6.61 Å². The summed E-state index contributed by atoms with van der Waals surface area (Å²) < 4.78 is 7.59. The molecule has 0 bridgehead atoms. The van der Waals surface area contributed by atoms with Crippen molar-refractivity contribution in [2.24, 2.45) is 5.92 Å². The minimum absolute atomic E-state index is 0.254. The van der Waals surface area contributed by atoms with Gasteiger partial charge in [-0.25, -0.2) is 4.79 Å². The number of hydrogen-bond acceptors (Lipinski definition) is 3. The van der Waals surface area contributed by atoms with E-state index in [2.05, 4.69) is 22.0 Å². The standard InChI is InChI=1S/C15H15BrN2O2/c1-10(2)9-20-15(19)18-8-11(6-7-17)14-12(16)4-3-5-13(14)18/h3-5,8,10H,6,9H2,1-2H3. The zero-order valence-electron chi connectivity index (χ0n) is 11.4. The van der Waals surface area contributed by atoms with Gasteiger partial charge in [0.25, 0.3) is 0 Å². The molecule has 0 unspecified atom stereocenters. The molecular formula is C15H15BrN2O2. The summed E-state index contributed by atoms with van der Waals surface area (Å²) in [6.45, 7) is 4.34. The lowest BCUT2D eigenvalue weighted by Gasteiger charge is -2.08. The van der Waals surface area contributed by atoms with Crippen LogP contribution in [-0.2, 0) is 11.2 Å². The Hall–Kier alpha value is -1.80. The highest BCUT2D eigenvalue weighted by atomic mass is 79.9. The summed E-state index contributed by atoms with van der Waals surface area (Å²) in [5.41, 5.74) is 1.56. The van der Waals surface area contributed by atoms with Crippen molar-refractivity contribution in [3.63, 3.8) is 0 Å². The van der Waals surface area contributed by atoms with Crippen molar-refractivity contribution < 1.29 is 9.53 Å². The van der Waals surface area contributed by atoms with Crippen LogP contribution < -0.4 is 0 Å². The Morgan fingerprint density at radius 2 is 2.25 bits per heavy atom. The van der Waals surface area contributed by atoms with Gasteiger partial charge in [0.15, 0.2) is 0 Å². The molecule has 1 aromatic heterocycles. The van der Waals surface area contributed by atoms with Crippen LogP contribution in [0.1, 0.15) is 19.4 Å². The highest BCUT2D eigenvalue weighted by molar-refractivity contribution is 9.10. The molecule has 2 aromatic rings. The number of aromatic nitrogens is 1. The maximum absolute atomic E-state index is 12.1. The smallest absolute Gasteiger partial charge is 0.418 e. The van der Waals surface area contributed by atoms with Crippen molar-refractivity contribution in [1.29, 1.82) is 5.26 Å². The van der Waals surface area contributed by atoms with Gasteiger partial charge in [-0.1, -0.05) is 35.8 Å². The quantitative estimate of drug-likeness (QED) is 0.848. The second kappa shape index (κ2) is 6.10. The summed E-state index contributed by atoms with van der Waals surface area (Å²) in [6.07, 6.45) is 1.52. The zero-order valence-corrected chi connectivity index (χ0v) is 13.0. The Kier molecular flexibility index (Phi) is 4.46. The SMILES string of the molecule is CC(C)COC(=O)n1cc(CC#N)c2c(Br)cccc21. The molecule has 0 radical (unpaired) electrons. The molecule has 4 nitrogen and oxygen atoms in total. The van der Waals surface area contributed by atoms with Crippen LogP contribution in [0.5, 0.6) is 0 Å². The largest absolute Gasteiger partial charge is 0.449 e. The van der Waals surface area contributed by atoms with E-state index in [1.807, 2.05) is 32.0 Å². The molecule has 0 saturated carbocycles. The van der Waals surface area contributed by atoms with Crippen molar-refractivity contribution in [2.45, 2.75) is 20.3 Å². The summed E-state index contributed by atoms with van der Waals surface area (Å²) >= 11 is 3.47. The summed E-state index contributed by atoms with van der Waals surface area (Å²) in [5, 5.41) is 9.79. The summed E-state index contributed by atoms with van der Waals surface area (Å²) in [6, 6.07) is 7.72. The molecule has 0 N–H and O–H groups in total. The lowest BCUT2D eigenvalue weighted by molar-refractivity contribution is 0.135. The normalized spacial score (nSPS) is 10.8. The van der Waals surface area contributed by atoms with E-state index in [0.29, 0.717) is 6.61 Å². The van der Waals surface area contributed by atoms with Crippen LogP contribution in [0.15, 0.2) is 28.9 Å². The molecular weight excluding hydrogens is 320 g/mol. The van der Waals surface area contributed by atoms with E-state index in [1.165, 1.54) is 4.57 Å². The molecule has 0 saturated heterocycles. The molecule has 5 heteroatoms. The molecule has 0 fully saturated rings. The third-order valence-corrected chi connectivity index (χ3v) is 3.52. The van der Waals surface area contributed by atoms with E-state index in [-0.39, 0.29) is 12.3 Å². The number of nitrogens with zero attached hydrogens (tertiary/aromatic N) is 2. The van der Waals surface area contributed by atoms with Gasteiger partial charge in [0.2, 0.25) is 0 Å². The highest BCUT2D eigenvalue weighted by Gasteiger charge is 2.16. The van der Waals surface area contributed by atoms with Crippen molar-refractivity contribution in [3.05, 3.63) is 34.4 Å². The molecule has 1 heterocycles. The predicted octanol–water partition coefficient (Wildman–Crippen LogP) is 4.11. The monoisotopic (exact) mass is 334 g/mol. The van der Waals surface area contributed by atoms with Crippen molar-refractivity contribution >= 4 is 32.9 Å². The fourth-order valence-corrected chi connectivity index (χ4v) is 2.61. The predicted molar refractivity (Wildman–Crippen MR) is 80.5 cm³/mol. The summed E-state index contributed by atoms with van der Waals surface area (Å²) in [7, 11) is 0. The van der Waals surface area contributed by atoms with E-state index in [9.17, 15) is 4.79 Å². The van der Waals surface area contributed by atoms with Crippen LogP contribution in [0.2, 0.25) is 0 Å². The molecule has 0 spiro atoms. The molecule has 0 atom stereocenters. The second-order valence-electron chi connectivity index (χ2n) is 4.96. The second-order valence-corrected chi connectivity index (χ2v) is 5.82. The van der Waals surface area contributed by atoms with Gasteiger partial charge in [-0.05, 0) is 23.6 Å². The Labute approximate surface area is 126 Å². The van der Waals surface area contributed by atoms with Gasteiger partial charge in [-0.15, -0.1) is 0 Å². The van der Waals surface area contributed by atoms with Gasteiger partial charge in [-0.2, -0.15) is 5.26 Å². The molecule has 20 heavy (non-hydrogen) atoms. The van der Waals surface area contributed by atoms with Crippen LogP contribution >= 0.6 is 15.9 Å². The number of halogens is 1. The molecule has 0 aliphatic heterocycles. The lowest BCUT2D eigenvalue weighted by atomic mass is 10.1. The van der Waals surface area contributed by atoms with Gasteiger partial charge in [0, 0.05) is 16.1 Å². The Morgan fingerprint density at radius 1 is 1.50 bits per heavy atom. The Morgan fingerprint density at radius 3 is 2.90 bits per heavy atom. The number of rotatable bonds is 3. The van der Waals surface area contributed by atoms with Crippen molar-refractivity contribution in [1.82, 2.24) is 4.57 Å². The minimum atomic E-state index is -0.411. The fourth-order valence-electron chi connectivity index (χ4n) is 2.00. The fraction of sp³-hybridized carbons (Fsp3) is 0.333. The number of carbonyl (C=O) groups excluding carboxylic acids is 1. The number of carbonyl (C=O) groups is 1. The summed E-state index contributed by atoms with van der Waals surface area (Å²) in [5.74, 6) is 0.283. The van der Waals surface area contributed by atoms with Crippen molar-refractivity contribution in [3.8, 4) is 6.07 Å². The van der Waals surface area contributed by atoms with Crippen LogP contribution in [0.25, 0.3) is 10.9 Å². The molecule has 0 aliphatic carbocycles. The molecule has 0 aliphatic rings. The topological polar surface area (TPSA) is 55.0 Å². The lowest BCUT2D eigenvalue weighted by Crippen LogP contribution is -2.15. The average molecular weight is 335 g/mol. The van der Waals surface area contributed by atoms with Gasteiger partial charge in [0.05, 0.1) is 24.6 Å². The minimum Gasteiger partial charge on any atom is -0.449 e. The first-order valence-corrected chi connectivity index (χ1v) is 7.16. The zero-order chi connectivity index (χ0) is 14.7. The van der Waals surface area contributed by atoms with Crippen LogP contribution in [-0.4, -0.2) is 17.3 Å². The maximum atomic E-state index is 12.1. The first-order valence-electron chi connectivity index (χ1n) is 6.37. The molecule has 0 amide bonds. The molecule has 1 aromatic carbocycles. The highest BCUT2D eigenvalue weighted by Crippen LogP contribution is 2.29.